The van der Waals surface area contributed by atoms with Gasteiger partial charge in [-0.15, -0.1) is 70.8 Å². The molecule has 0 aliphatic heterocycles. The van der Waals surface area contributed by atoms with Gasteiger partial charge in [0, 0.05) is 18.6 Å². The topological polar surface area (TPSA) is 129 Å². The second-order valence-electron chi connectivity index (χ2n) is 22.7. The molecule has 10 heteroatoms. The number of pyridine rings is 3. The van der Waals surface area contributed by atoms with E-state index in [-0.39, 0.29) is 53.0 Å². The van der Waals surface area contributed by atoms with E-state index in [1.165, 1.54) is 18.2 Å². The van der Waals surface area contributed by atoms with E-state index in [0.29, 0.717) is 49.4 Å². The third-order valence-corrected chi connectivity index (χ3v) is 16.9. The van der Waals surface area contributed by atoms with Crippen molar-refractivity contribution >= 4 is 130 Å². The Morgan fingerprint density at radius 3 is 0.755 bits per heavy atom. The molecule has 35 aromatic rings. The molecule has 35 rings (SSSR count). The van der Waals surface area contributed by atoms with Gasteiger partial charge in [0.05, 0.1) is 32.9 Å². The van der Waals surface area contributed by atoms with Crippen molar-refractivity contribution in [2.45, 2.75) is 0 Å². The van der Waals surface area contributed by atoms with Gasteiger partial charge in [-0.3, -0.25) is 0 Å². The number of aromatic nitrogens is 3. The van der Waals surface area contributed by atoms with E-state index in [0.717, 1.165) is 81.3 Å². The van der Waals surface area contributed by atoms with E-state index >= 15 is 0 Å². The SMILES string of the molecule is O=c1oc2c[c-]c(cc2-c2ccccc2)c2ccc(cn2)c2ccccc2c2cc3cc(c2)c2ccccc2c2ccc(nc2)c2[c-]cc(oc(=O)c4cc1cc(c4)c(=O)oc1c[c-]c(cc1-c1ccccc1)c1ccc(cn1)c1ccccc31)c(-c1ccccc1)c2.[Ir+3]. The van der Waals surface area contributed by atoms with Gasteiger partial charge in [-0.25, -0.2) is 14.4 Å². The molecular formula is C84H48IrN3O6. The molecule has 0 aliphatic carbocycles. The molecule has 0 unspecified atom stereocenters. The Morgan fingerprint density at radius 1 is 0.255 bits per heavy atom. The van der Waals surface area contributed by atoms with E-state index in [1.807, 2.05) is 164 Å². The van der Waals surface area contributed by atoms with Crippen LogP contribution in [0.2, 0.25) is 0 Å². The number of benzene rings is 11. The zero-order chi connectivity index (χ0) is 62.4. The first-order valence-corrected chi connectivity index (χ1v) is 30.3. The van der Waals surface area contributed by atoms with Crippen LogP contribution in [0.1, 0.15) is 0 Å². The van der Waals surface area contributed by atoms with Gasteiger partial charge in [0.1, 0.15) is 0 Å². The van der Waals surface area contributed by atoms with Crippen molar-refractivity contribution in [3.05, 3.63) is 341 Å². The van der Waals surface area contributed by atoms with Gasteiger partial charge < -0.3 is 28.2 Å². The van der Waals surface area contributed by atoms with Crippen LogP contribution in [0, 0.1) is 18.2 Å². The molecule has 0 amide bonds. The minimum atomic E-state index is -0.871. The molecule has 0 radical (unpaired) electrons. The van der Waals surface area contributed by atoms with Gasteiger partial charge in [-0.2, -0.15) is 0 Å². The summed E-state index contributed by atoms with van der Waals surface area (Å²) in [4.78, 5) is 60.2. The van der Waals surface area contributed by atoms with Crippen LogP contribution in [-0.2, 0) is 20.1 Å². The van der Waals surface area contributed by atoms with Crippen molar-refractivity contribution in [3.8, 4) is 33.4 Å². The van der Waals surface area contributed by atoms with Crippen LogP contribution in [0.15, 0.2) is 319 Å². The largest absolute Gasteiger partial charge is 3.00 e. The molecule has 0 fully saturated rings. The Hall–Kier alpha value is -12.1. The molecule has 0 saturated heterocycles. The molecule has 0 N–H and O–H groups in total. The van der Waals surface area contributed by atoms with Crippen molar-refractivity contribution in [2.24, 2.45) is 0 Å². The Morgan fingerprint density at radius 2 is 0.500 bits per heavy atom. The summed E-state index contributed by atoms with van der Waals surface area (Å²) >= 11 is 0. The fourth-order valence-corrected chi connectivity index (χ4v) is 12.3. The first-order chi connectivity index (χ1) is 45.8. The molecule has 24 heterocycles. The van der Waals surface area contributed by atoms with Gasteiger partial charge in [0.15, 0.2) is 0 Å². The third-order valence-electron chi connectivity index (χ3n) is 16.9. The molecule has 0 spiro atoms. The quantitative estimate of drug-likeness (QED) is 0.159. The summed E-state index contributed by atoms with van der Waals surface area (Å²) in [6.45, 7) is 0. The number of hydrogen-bond acceptors (Lipinski definition) is 9. The Labute approximate surface area is 549 Å². The molecule has 0 saturated carbocycles. The average molecular weight is 1390 g/mol. The summed E-state index contributed by atoms with van der Waals surface area (Å²) in [5, 5.41) is 13.1. The van der Waals surface area contributed by atoms with E-state index in [1.54, 1.807) is 18.2 Å². The van der Waals surface area contributed by atoms with E-state index < -0.39 is 16.9 Å². The van der Waals surface area contributed by atoms with Crippen molar-refractivity contribution in [1.82, 2.24) is 15.0 Å². The predicted octanol–water partition coefficient (Wildman–Crippen LogP) is 20.0. The summed E-state index contributed by atoms with van der Waals surface area (Å²) in [7, 11) is 0. The van der Waals surface area contributed by atoms with E-state index in [4.69, 9.17) is 28.2 Å². The maximum Gasteiger partial charge on any atom is 3.00 e. The summed E-state index contributed by atoms with van der Waals surface area (Å²) in [6.07, 6.45) is 5.63. The van der Waals surface area contributed by atoms with E-state index in [9.17, 15) is 14.4 Å². The van der Waals surface area contributed by atoms with Crippen LogP contribution in [0.3, 0.4) is 0 Å². The van der Waals surface area contributed by atoms with Gasteiger partial charge in [-0.1, -0.05) is 217 Å². The predicted molar refractivity (Wildman–Crippen MR) is 378 cm³/mol. The second-order valence-corrected chi connectivity index (χ2v) is 22.7. The minimum absolute atomic E-state index is 0. The first kappa shape index (κ1) is 58.3. The zero-order valence-corrected chi connectivity index (χ0v) is 52.2. The maximum absolute atomic E-state index is 15.0. The maximum atomic E-state index is 15.0. The van der Waals surface area contributed by atoms with E-state index in [2.05, 4.69) is 109 Å². The van der Waals surface area contributed by atoms with Gasteiger partial charge in [0.2, 0.25) is 0 Å². The standard InChI is InChI=1S/C84H48N3O6.Ir/c88-82-64-43-65-45-66(44-64)84(90)93-81-39-33-57(48-75(81)54-20-8-3-9-21-54)78-36-30-60(51-87-78)69-24-12-15-27-72(69)63-41-61(70-25-13-10-22-67(70)58-28-34-76(85-49-58)55-31-37-79(91-82)73(46-55)52-16-4-1-5-17-52)40-62(42-63)71-26-14-11-23-68(71)59-29-35-77(86-50-59)56-32-38-80(92-83(65)89)74(47-56)53-18-6-2-7-19-53;/h1-30,34-51H;/q-3;+3. The Kier molecular flexibility index (Phi) is 15.5. The average Bonchev–Trinajstić information content (AvgIpc) is 0.802. The van der Waals surface area contributed by atoms with Crippen molar-refractivity contribution in [1.29, 1.82) is 0 Å². The summed E-state index contributed by atoms with van der Waals surface area (Å²) in [5.74, 6) is 0. The van der Waals surface area contributed by atoms with Crippen LogP contribution in [-0.4, -0.2) is 15.0 Å². The third kappa shape index (κ3) is 11.3. The van der Waals surface area contributed by atoms with Crippen molar-refractivity contribution in [2.75, 3.05) is 0 Å². The molecule has 11 aromatic carbocycles. The van der Waals surface area contributed by atoms with Gasteiger partial charge in [-0.05, 0) is 134 Å². The number of hydrogen-bond donors (Lipinski definition) is 0. The van der Waals surface area contributed by atoms with Gasteiger partial charge >= 0.3 is 37.0 Å². The molecule has 94 heavy (non-hydrogen) atoms. The fraction of sp³-hybridized carbons (Fsp3) is 0. The van der Waals surface area contributed by atoms with Crippen molar-refractivity contribution < 1.29 is 33.4 Å². The normalized spacial score (nSPS) is 11.2. The second kappa shape index (κ2) is 25.0. The zero-order valence-electron chi connectivity index (χ0n) is 49.8. The number of nitrogens with zero attached hydrogens (tertiary/aromatic N) is 3. The summed E-state index contributed by atoms with van der Waals surface area (Å²) < 4.78 is 19.0. The molecule has 0 atom stereocenters. The minimum Gasteiger partial charge on any atom is -0.471 e. The summed E-state index contributed by atoms with van der Waals surface area (Å²) in [5.41, 5.74) is 3.76. The van der Waals surface area contributed by atoms with Crippen LogP contribution in [0.5, 0.6) is 0 Å². The molecule has 9 nitrogen and oxygen atoms in total. The fourth-order valence-electron chi connectivity index (χ4n) is 12.3. The monoisotopic (exact) mass is 1390 g/mol. The van der Waals surface area contributed by atoms with Crippen molar-refractivity contribution in [3.63, 3.8) is 0 Å². The van der Waals surface area contributed by atoms with Crippen LogP contribution >= 0.6 is 0 Å². The summed E-state index contributed by atoms with van der Waals surface area (Å²) in [6, 6.07) is 97.3. The number of rotatable bonds is 3. The molecule has 18 bridgehead atoms. The van der Waals surface area contributed by atoms with Crippen LogP contribution in [0.4, 0.5) is 0 Å². The Bertz CT molecular complexity index is 5630. The first-order valence-electron chi connectivity index (χ1n) is 30.3. The molecular weight excluding hydrogens is 1340 g/mol. The Balaban J connectivity index is 0.00000729. The van der Waals surface area contributed by atoms with Crippen LogP contribution < -0.4 is 16.9 Å². The molecule has 24 aromatic heterocycles. The molecule has 444 valence electrons. The molecule has 0 aliphatic rings. The van der Waals surface area contributed by atoms with Gasteiger partial charge in [0.25, 0.3) is 0 Å². The van der Waals surface area contributed by atoms with Crippen LogP contribution in [0.25, 0.3) is 164 Å². The smallest absolute Gasteiger partial charge is 0.471 e.